The van der Waals surface area contributed by atoms with Crippen molar-refractivity contribution in [3.05, 3.63) is 35.5 Å². The number of fused-ring (bicyclic) bond motifs is 1. The van der Waals surface area contributed by atoms with E-state index in [4.69, 9.17) is 5.73 Å². The lowest BCUT2D eigenvalue weighted by molar-refractivity contribution is 0.381. The highest BCUT2D eigenvalue weighted by Crippen LogP contribution is 2.39. The fourth-order valence-electron chi connectivity index (χ4n) is 4.04. The van der Waals surface area contributed by atoms with Crippen LogP contribution in [0.2, 0.25) is 0 Å². The van der Waals surface area contributed by atoms with Gasteiger partial charge in [0, 0.05) is 22.5 Å². The van der Waals surface area contributed by atoms with Crippen molar-refractivity contribution in [1.82, 2.24) is 4.98 Å². The fraction of sp³-hybridized carbons (Fsp3) is 0.556. The molecule has 1 fully saturated rings. The third-order valence-electron chi connectivity index (χ3n) is 5.04. The van der Waals surface area contributed by atoms with E-state index in [1.807, 2.05) is 0 Å². The van der Waals surface area contributed by atoms with Crippen LogP contribution in [-0.2, 0) is 0 Å². The first-order chi connectivity index (χ1) is 9.81. The number of aromatic amines is 1. The third-order valence-corrected chi connectivity index (χ3v) is 5.04. The molecule has 1 aromatic carbocycles. The number of benzene rings is 1. The van der Waals surface area contributed by atoms with Gasteiger partial charge < -0.3 is 10.7 Å². The first-order valence-electron chi connectivity index (χ1n) is 8.08. The van der Waals surface area contributed by atoms with Crippen LogP contribution < -0.4 is 5.73 Å². The van der Waals surface area contributed by atoms with Gasteiger partial charge >= 0.3 is 0 Å². The van der Waals surface area contributed by atoms with Crippen molar-refractivity contribution in [2.24, 2.45) is 11.7 Å². The van der Waals surface area contributed by atoms with Crippen LogP contribution in [0.1, 0.15) is 55.7 Å². The van der Waals surface area contributed by atoms with Crippen LogP contribution in [0.15, 0.2) is 24.3 Å². The molecular formula is C18H26N2. The van der Waals surface area contributed by atoms with E-state index in [1.54, 1.807) is 0 Å². The minimum atomic E-state index is 0.518. The molecule has 1 aliphatic rings. The second kappa shape index (κ2) is 6.01. The predicted octanol–water partition coefficient (Wildman–Crippen LogP) is 4.49. The van der Waals surface area contributed by atoms with Crippen LogP contribution in [0.5, 0.6) is 0 Å². The number of aryl methyl sites for hydroxylation is 1. The van der Waals surface area contributed by atoms with Crippen molar-refractivity contribution in [3.8, 4) is 0 Å². The van der Waals surface area contributed by atoms with Gasteiger partial charge in [0.2, 0.25) is 0 Å². The first kappa shape index (κ1) is 13.7. The quantitative estimate of drug-likeness (QED) is 0.793. The molecule has 2 aromatic rings. The van der Waals surface area contributed by atoms with Crippen LogP contribution in [0.4, 0.5) is 0 Å². The molecule has 2 nitrogen and oxygen atoms in total. The standard InChI is InChI=1S/C18H26N2/c1-13-18(15-10-6-7-11-17(15)20-13)16(12-19)14-8-4-2-3-5-9-14/h6-7,10-11,14,16,20H,2-5,8-9,12,19H2,1H3. The molecule has 3 N–H and O–H groups in total. The minimum absolute atomic E-state index is 0.518. The summed E-state index contributed by atoms with van der Waals surface area (Å²) in [5.41, 5.74) is 10.2. The molecule has 1 aliphatic carbocycles. The van der Waals surface area contributed by atoms with Gasteiger partial charge in [-0.3, -0.25) is 0 Å². The molecule has 1 saturated carbocycles. The number of nitrogens with two attached hydrogens (primary N) is 1. The lowest BCUT2D eigenvalue weighted by Gasteiger charge is -2.25. The van der Waals surface area contributed by atoms with Gasteiger partial charge in [-0.2, -0.15) is 0 Å². The Morgan fingerprint density at radius 1 is 1.15 bits per heavy atom. The number of hydrogen-bond acceptors (Lipinski definition) is 1. The summed E-state index contributed by atoms with van der Waals surface area (Å²) in [5.74, 6) is 1.28. The summed E-state index contributed by atoms with van der Waals surface area (Å²) in [5, 5.41) is 1.38. The Hall–Kier alpha value is -1.28. The van der Waals surface area contributed by atoms with Gasteiger partial charge in [-0.15, -0.1) is 0 Å². The molecule has 0 spiro atoms. The molecule has 0 amide bonds. The number of H-pyrrole nitrogens is 1. The summed E-state index contributed by atoms with van der Waals surface area (Å²) in [6.07, 6.45) is 8.26. The molecule has 0 saturated heterocycles. The van der Waals surface area contributed by atoms with Gasteiger partial charge in [-0.25, -0.2) is 0 Å². The van der Waals surface area contributed by atoms with Crippen molar-refractivity contribution in [2.45, 2.75) is 51.4 Å². The second-order valence-corrected chi connectivity index (χ2v) is 6.30. The first-order valence-corrected chi connectivity index (χ1v) is 8.08. The molecule has 0 radical (unpaired) electrons. The van der Waals surface area contributed by atoms with Crippen LogP contribution in [0.3, 0.4) is 0 Å². The van der Waals surface area contributed by atoms with Crippen LogP contribution in [0, 0.1) is 12.8 Å². The monoisotopic (exact) mass is 270 g/mol. The Morgan fingerprint density at radius 2 is 1.85 bits per heavy atom. The zero-order chi connectivity index (χ0) is 13.9. The van der Waals surface area contributed by atoms with E-state index in [-0.39, 0.29) is 0 Å². The molecule has 3 rings (SSSR count). The van der Waals surface area contributed by atoms with Gasteiger partial charge in [-0.05, 0) is 43.9 Å². The van der Waals surface area contributed by atoms with Crippen LogP contribution >= 0.6 is 0 Å². The SMILES string of the molecule is Cc1[nH]c2ccccc2c1C(CN)C1CCCCCC1. The van der Waals surface area contributed by atoms with E-state index in [9.17, 15) is 0 Å². The third kappa shape index (κ3) is 2.49. The lowest BCUT2D eigenvalue weighted by Crippen LogP contribution is -2.22. The fourth-order valence-corrected chi connectivity index (χ4v) is 4.04. The van der Waals surface area contributed by atoms with Crippen molar-refractivity contribution < 1.29 is 0 Å². The number of aromatic nitrogens is 1. The Balaban J connectivity index is 1.99. The maximum absolute atomic E-state index is 6.19. The molecule has 1 aromatic heterocycles. The van der Waals surface area contributed by atoms with Crippen molar-refractivity contribution in [1.29, 1.82) is 0 Å². The van der Waals surface area contributed by atoms with E-state index >= 15 is 0 Å². The van der Waals surface area contributed by atoms with Gasteiger partial charge in [0.05, 0.1) is 0 Å². The summed E-state index contributed by atoms with van der Waals surface area (Å²) in [6, 6.07) is 8.66. The Morgan fingerprint density at radius 3 is 2.55 bits per heavy atom. The van der Waals surface area contributed by atoms with E-state index in [2.05, 4.69) is 36.2 Å². The minimum Gasteiger partial charge on any atom is -0.358 e. The highest BCUT2D eigenvalue weighted by atomic mass is 14.7. The summed E-state index contributed by atoms with van der Waals surface area (Å²) < 4.78 is 0. The summed E-state index contributed by atoms with van der Waals surface area (Å²) >= 11 is 0. The van der Waals surface area contributed by atoms with Crippen LogP contribution in [0.25, 0.3) is 10.9 Å². The number of rotatable bonds is 3. The molecule has 1 atom stereocenters. The maximum Gasteiger partial charge on any atom is 0.0458 e. The zero-order valence-electron chi connectivity index (χ0n) is 12.5. The van der Waals surface area contributed by atoms with Crippen molar-refractivity contribution in [3.63, 3.8) is 0 Å². The van der Waals surface area contributed by atoms with E-state index < -0.39 is 0 Å². The Labute approximate surface area is 121 Å². The molecule has 0 bridgehead atoms. The molecule has 108 valence electrons. The Bertz CT molecular complexity index is 562. The van der Waals surface area contributed by atoms with E-state index in [1.165, 1.54) is 60.7 Å². The van der Waals surface area contributed by atoms with Crippen molar-refractivity contribution in [2.75, 3.05) is 6.54 Å². The van der Waals surface area contributed by atoms with Gasteiger partial charge in [-0.1, -0.05) is 43.9 Å². The largest absolute Gasteiger partial charge is 0.358 e. The highest BCUT2D eigenvalue weighted by Gasteiger charge is 2.26. The predicted molar refractivity (Wildman–Crippen MR) is 86.0 cm³/mol. The van der Waals surface area contributed by atoms with Crippen LogP contribution in [-0.4, -0.2) is 11.5 Å². The second-order valence-electron chi connectivity index (χ2n) is 6.30. The Kier molecular flexibility index (Phi) is 4.11. The molecule has 20 heavy (non-hydrogen) atoms. The summed E-state index contributed by atoms with van der Waals surface area (Å²) in [4.78, 5) is 3.54. The smallest absolute Gasteiger partial charge is 0.0458 e. The normalized spacial score (nSPS) is 19.1. The molecule has 2 heteroatoms. The highest BCUT2D eigenvalue weighted by molar-refractivity contribution is 5.85. The zero-order valence-corrected chi connectivity index (χ0v) is 12.5. The summed E-state index contributed by atoms with van der Waals surface area (Å²) in [6.45, 7) is 2.97. The summed E-state index contributed by atoms with van der Waals surface area (Å²) in [7, 11) is 0. The van der Waals surface area contributed by atoms with E-state index in [0.717, 1.165) is 12.5 Å². The molecule has 1 heterocycles. The van der Waals surface area contributed by atoms with Gasteiger partial charge in [0.15, 0.2) is 0 Å². The maximum atomic E-state index is 6.19. The molecular weight excluding hydrogens is 244 g/mol. The average molecular weight is 270 g/mol. The van der Waals surface area contributed by atoms with E-state index in [0.29, 0.717) is 5.92 Å². The van der Waals surface area contributed by atoms with Gasteiger partial charge in [0.1, 0.15) is 0 Å². The van der Waals surface area contributed by atoms with Crippen molar-refractivity contribution >= 4 is 10.9 Å². The number of nitrogens with one attached hydrogen (secondary N) is 1. The average Bonchev–Trinajstić information content (AvgIpc) is 2.66. The lowest BCUT2D eigenvalue weighted by atomic mass is 9.80. The number of para-hydroxylation sites is 1. The molecule has 1 unspecified atom stereocenters. The number of hydrogen-bond donors (Lipinski definition) is 2. The molecule has 0 aliphatic heterocycles. The van der Waals surface area contributed by atoms with Gasteiger partial charge in [0.25, 0.3) is 0 Å². The topological polar surface area (TPSA) is 41.8 Å².